The third-order valence-corrected chi connectivity index (χ3v) is 6.29. The van der Waals surface area contributed by atoms with E-state index in [-0.39, 0.29) is 30.8 Å². The molecule has 0 saturated carbocycles. The van der Waals surface area contributed by atoms with Crippen LogP contribution in [0.1, 0.15) is 46.0 Å². The number of nitrogens with one attached hydrogen (secondary N) is 2. The first-order valence-corrected chi connectivity index (χ1v) is 12.8. The Kier molecular flexibility index (Phi) is 12.7. The van der Waals surface area contributed by atoms with E-state index in [0.29, 0.717) is 38.0 Å². The molecule has 4 atom stereocenters. The number of aliphatic carboxylic acids is 1. The maximum atomic E-state index is 13.3. The van der Waals surface area contributed by atoms with E-state index in [9.17, 15) is 24.3 Å². The summed E-state index contributed by atoms with van der Waals surface area (Å²) in [7, 11) is 0. The summed E-state index contributed by atoms with van der Waals surface area (Å²) in [6.45, 7) is 4.23. The average molecular weight is 502 g/mol. The summed E-state index contributed by atoms with van der Waals surface area (Å²) < 4.78 is 0. The number of thioether (sulfide) groups is 1. The lowest BCUT2D eigenvalue weighted by Gasteiger charge is -2.30. The summed E-state index contributed by atoms with van der Waals surface area (Å²) in [6.07, 6.45) is 3.80. The van der Waals surface area contributed by atoms with Crippen molar-refractivity contribution in [2.45, 2.75) is 70.1 Å². The van der Waals surface area contributed by atoms with Gasteiger partial charge in [-0.05, 0) is 50.0 Å². The largest absolute Gasteiger partial charge is 0.480 e. The van der Waals surface area contributed by atoms with E-state index in [2.05, 4.69) is 15.6 Å². The van der Waals surface area contributed by atoms with Crippen LogP contribution in [0.4, 0.5) is 0 Å². The zero-order valence-corrected chi connectivity index (χ0v) is 21.0. The van der Waals surface area contributed by atoms with Crippen LogP contribution in [0, 0.1) is 5.92 Å². The zero-order valence-electron chi connectivity index (χ0n) is 20.2. The van der Waals surface area contributed by atoms with Gasteiger partial charge in [0.1, 0.15) is 18.1 Å². The van der Waals surface area contributed by atoms with Crippen molar-refractivity contribution in [3.05, 3.63) is 0 Å². The Labute approximate surface area is 204 Å². The number of hydrogen-bond donors (Lipinski definition) is 6. The topological polar surface area (TPSA) is 206 Å². The molecule has 12 nitrogen and oxygen atoms in total. The van der Waals surface area contributed by atoms with Gasteiger partial charge in [0.25, 0.3) is 0 Å². The molecular formula is C21H39N7O5S. The summed E-state index contributed by atoms with van der Waals surface area (Å²) in [6, 6.07) is -3.50. The highest BCUT2D eigenvalue weighted by molar-refractivity contribution is 7.98. The number of carboxylic acid groups (broad SMARTS) is 1. The molecule has 13 heteroatoms. The molecule has 9 N–H and O–H groups in total. The van der Waals surface area contributed by atoms with Crippen molar-refractivity contribution in [3.63, 3.8) is 0 Å². The van der Waals surface area contributed by atoms with Crippen LogP contribution in [0.5, 0.6) is 0 Å². The first kappa shape index (κ1) is 29.5. The number of amides is 3. The summed E-state index contributed by atoms with van der Waals surface area (Å²) in [5.41, 5.74) is 16.5. The highest BCUT2D eigenvalue weighted by atomic mass is 32.2. The van der Waals surface area contributed by atoms with Crippen LogP contribution in [-0.2, 0) is 19.2 Å². The fourth-order valence-electron chi connectivity index (χ4n) is 3.60. The van der Waals surface area contributed by atoms with Gasteiger partial charge in [-0.25, -0.2) is 4.79 Å². The fraction of sp³-hybridized carbons (Fsp3) is 0.762. The number of hydrogen-bond acceptors (Lipinski definition) is 7. The van der Waals surface area contributed by atoms with Gasteiger partial charge in [0.05, 0.1) is 6.04 Å². The van der Waals surface area contributed by atoms with Crippen LogP contribution >= 0.6 is 11.8 Å². The molecule has 1 fully saturated rings. The van der Waals surface area contributed by atoms with Crippen LogP contribution in [-0.4, -0.2) is 88.9 Å². The number of carbonyl (C=O) groups excluding carboxylic acids is 3. The van der Waals surface area contributed by atoms with Crippen molar-refractivity contribution >= 4 is 41.4 Å². The van der Waals surface area contributed by atoms with Gasteiger partial charge in [-0.3, -0.25) is 19.4 Å². The second-order valence-electron chi connectivity index (χ2n) is 8.65. The van der Waals surface area contributed by atoms with E-state index in [1.807, 2.05) is 20.1 Å². The third-order valence-electron chi connectivity index (χ3n) is 5.64. The lowest BCUT2D eigenvalue weighted by molar-refractivity contribution is -0.145. The number of aliphatic imine (C=N–C) groups is 1. The quantitative estimate of drug-likeness (QED) is 0.0960. The van der Waals surface area contributed by atoms with Crippen molar-refractivity contribution in [2.75, 3.05) is 25.1 Å². The van der Waals surface area contributed by atoms with Gasteiger partial charge >= 0.3 is 5.97 Å². The van der Waals surface area contributed by atoms with Gasteiger partial charge in [0.2, 0.25) is 17.7 Å². The monoisotopic (exact) mass is 501 g/mol. The van der Waals surface area contributed by atoms with Crippen molar-refractivity contribution in [3.8, 4) is 0 Å². The first-order valence-electron chi connectivity index (χ1n) is 11.4. The van der Waals surface area contributed by atoms with Crippen LogP contribution < -0.4 is 27.8 Å². The molecule has 0 radical (unpaired) electrons. The molecule has 0 aliphatic carbocycles. The van der Waals surface area contributed by atoms with E-state index in [1.54, 1.807) is 0 Å². The number of rotatable bonds is 14. The van der Waals surface area contributed by atoms with E-state index in [1.165, 1.54) is 16.7 Å². The number of guanidine groups is 1. The normalized spacial score (nSPS) is 18.1. The number of carboxylic acids is 1. The highest BCUT2D eigenvalue weighted by Crippen LogP contribution is 2.20. The Balaban J connectivity index is 2.88. The second kappa shape index (κ2) is 14.7. The average Bonchev–Trinajstić information content (AvgIpc) is 3.26. The summed E-state index contributed by atoms with van der Waals surface area (Å²) in [5, 5.41) is 14.8. The molecular weight excluding hydrogens is 462 g/mol. The van der Waals surface area contributed by atoms with Crippen molar-refractivity contribution in [1.29, 1.82) is 0 Å². The van der Waals surface area contributed by atoms with E-state index in [0.717, 1.165) is 0 Å². The molecule has 1 rings (SSSR count). The maximum absolute atomic E-state index is 13.3. The highest BCUT2D eigenvalue weighted by Gasteiger charge is 2.39. The third kappa shape index (κ3) is 9.37. The van der Waals surface area contributed by atoms with E-state index < -0.39 is 42.0 Å². The number of carbonyl (C=O) groups is 4. The first-order chi connectivity index (χ1) is 16.0. The molecule has 34 heavy (non-hydrogen) atoms. The van der Waals surface area contributed by atoms with Crippen LogP contribution in [0.25, 0.3) is 0 Å². The second-order valence-corrected chi connectivity index (χ2v) is 9.64. The standard InChI is InChI=1S/C21H39N7O5S/c1-12(2)16(22)18(30)26-13(8-11-34-3)19(31)28-10-5-7-15(28)17(29)27-14(20(32)33)6-4-9-25-21(23)24/h12-16H,4-11,22H2,1-3H3,(H,26,30)(H,27,29)(H,32,33)(H4,23,24,25). The number of nitrogens with zero attached hydrogens (tertiary/aromatic N) is 2. The minimum Gasteiger partial charge on any atom is -0.480 e. The molecule has 0 aromatic rings. The Morgan fingerprint density at radius 3 is 2.38 bits per heavy atom. The maximum Gasteiger partial charge on any atom is 0.326 e. The molecule has 0 bridgehead atoms. The Morgan fingerprint density at radius 1 is 1.15 bits per heavy atom. The molecule has 0 aromatic carbocycles. The Hall–Kier alpha value is -2.54. The molecule has 0 aromatic heterocycles. The minimum atomic E-state index is -1.18. The predicted molar refractivity (Wildman–Crippen MR) is 132 cm³/mol. The fourth-order valence-corrected chi connectivity index (χ4v) is 4.07. The summed E-state index contributed by atoms with van der Waals surface area (Å²) in [4.78, 5) is 55.6. The van der Waals surface area contributed by atoms with Gasteiger partial charge in [-0.2, -0.15) is 11.8 Å². The van der Waals surface area contributed by atoms with Crippen LogP contribution in [0.2, 0.25) is 0 Å². The van der Waals surface area contributed by atoms with Crippen LogP contribution in [0.3, 0.4) is 0 Å². The zero-order chi connectivity index (χ0) is 25.8. The molecule has 1 aliphatic rings. The molecule has 1 heterocycles. The summed E-state index contributed by atoms with van der Waals surface area (Å²) in [5.74, 6) is -2.04. The Bertz CT molecular complexity index is 745. The molecule has 1 saturated heterocycles. The summed E-state index contributed by atoms with van der Waals surface area (Å²) >= 11 is 1.54. The minimum absolute atomic E-state index is 0.0894. The van der Waals surface area contributed by atoms with Gasteiger partial charge in [0, 0.05) is 13.1 Å². The molecule has 194 valence electrons. The van der Waals surface area contributed by atoms with Crippen molar-refractivity contribution in [1.82, 2.24) is 15.5 Å². The van der Waals surface area contributed by atoms with Gasteiger partial charge in [-0.1, -0.05) is 13.8 Å². The van der Waals surface area contributed by atoms with E-state index in [4.69, 9.17) is 17.2 Å². The van der Waals surface area contributed by atoms with E-state index >= 15 is 0 Å². The SMILES string of the molecule is CSCCC(NC(=O)C(N)C(C)C)C(=O)N1CCCC1C(=O)NC(CCCN=C(N)N)C(=O)O. The smallest absolute Gasteiger partial charge is 0.326 e. The predicted octanol–water partition coefficient (Wildman–Crippen LogP) is -1.18. The molecule has 0 spiro atoms. The van der Waals surface area contributed by atoms with Gasteiger partial charge in [-0.15, -0.1) is 0 Å². The van der Waals surface area contributed by atoms with Crippen molar-refractivity contribution in [2.24, 2.45) is 28.1 Å². The molecule has 1 aliphatic heterocycles. The van der Waals surface area contributed by atoms with Crippen molar-refractivity contribution < 1.29 is 24.3 Å². The number of nitrogens with two attached hydrogens (primary N) is 3. The van der Waals surface area contributed by atoms with Crippen LogP contribution in [0.15, 0.2) is 4.99 Å². The lowest BCUT2D eigenvalue weighted by atomic mass is 10.0. The number of likely N-dealkylation sites (tertiary alicyclic amines) is 1. The lowest BCUT2D eigenvalue weighted by Crippen LogP contribution is -2.57. The molecule has 4 unspecified atom stereocenters. The Morgan fingerprint density at radius 2 is 1.82 bits per heavy atom. The van der Waals surface area contributed by atoms with Gasteiger partial charge in [0.15, 0.2) is 5.96 Å². The molecule has 3 amide bonds. The van der Waals surface area contributed by atoms with Gasteiger partial charge < -0.3 is 37.8 Å².